The van der Waals surface area contributed by atoms with E-state index in [0.717, 1.165) is 10.5 Å². The lowest BCUT2D eigenvalue weighted by molar-refractivity contribution is -0.141. The molecule has 6 heteroatoms. The second-order valence-electron chi connectivity index (χ2n) is 4.59. The zero-order valence-corrected chi connectivity index (χ0v) is 10.3. The zero-order valence-electron chi connectivity index (χ0n) is 10.3. The number of amides is 1. The quantitative estimate of drug-likeness (QED) is 0.760. The first kappa shape index (κ1) is 13.4. The van der Waals surface area contributed by atoms with Crippen molar-refractivity contribution in [2.75, 3.05) is 6.54 Å². The Balaban J connectivity index is 1.97. The molecule has 6 nitrogen and oxygen atoms in total. The molecule has 1 aliphatic rings. The SMILES string of the molecule is O=C(O)C1CC(NCc2ccccc2)N(C(=O)O)C1. The first-order valence-corrected chi connectivity index (χ1v) is 6.07. The number of nitrogens with one attached hydrogen (secondary N) is 1. The fourth-order valence-corrected chi connectivity index (χ4v) is 2.25. The Labute approximate surface area is 110 Å². The maximum atomic E-state index is 11.1. The summed E-state index contributed by atoms with van der Waals surface area (Å²) in [4.78, 5) is 23.2. The van der Waals surface area contributed by atoms with Crippen LogP contribution in [0.2, 0.25) is 0 Å². The number of carboxylic acids is 1. The van der Waals surface area contributed by atoms with E-state index in [0.29, 0.717) is 13.0 Å². The van der Waals surface area contributed by atoms with E-state index in [-0.39, 0.29) is 6.54 Å². The Morgan fingerprint density at radius 3 is 2.53 bits per heavy atom. The molecule has 0 aromatic heterocycles. The van der Waals surface area contributed by atoms with Gasteiger partial charge in [0.2, 0.25) is 0 Å². The number of hydrogen-bond donors (Lipinski definition) is 3. The Hall–Kier alpha value is -2.08. The van der Waals surface area contributed by atoms with Crippen LogP contribution in [0.3, 0.4) is 0 Å². The largest absolute Gasteiger partial charge is 0.481 e. The lowest BCUT2D eigenvalue weighted by Crippen LogP contribution is -2.43. The van der Waals surface area contributed by atoms with E-state index in [1.54, 1.807) is 0 Å². The first-order valence-electron chi connectivity index (χ1n) is 6.07. The van der Waals surface area contributed by atoms with E-state index in [1.165, 1.54) is 0 Å². The summed E-state index contributed by atoms with van der Waals surface area (Å²) < 4.78 is 0. The van der Waals surface area contributed by atoms with Gasteiger partial charge < -0.3 is 10.2 Å². The minimum Gasteiger partial charge on any atom is -0.481 e. The highest BCUT2D eigenvalue weighted by Gasteiger charge is 2.38. The molecule has 0 aliphatic carbocycles. The molecule has 2 unspecified atom stereocenters. The summed E-state index contributed by atoms with van der Waals surface area (Å²) in [5.74, 6) is -1.58. The Morgan fingerprint density at radius 2 is 1.95 bits per heavy atom. The van der Waals surface area contributed by atoms with E-state index in [4.69, 9.17) is 10.2 Å². The summed E-state index contributed by atoms with van der Waals surface area (Å²) in [6.07, 6.45) is -1.23. The van der Waals surface area contributed by atoms with E-state index in [9.17, 15) is 9.59 Å². The molecule has 0 radical (unpaired) electrons. The van der Waals surface area contributed by atoms with Crippen LogP contribution in [0.5, 0.6) is 0 Å². The maximum absolute atomic E-state index is 11.1. The second-order valence-corrected chi connectivity index (χ2v) is 4.59. The molecular weight excluding hydrogens is 248 g/mol. The average Bonchev–Trinajstić information content (AvgIpc) is 2.82. The molecule has 0 bridgehead atoms. The molecule has 1 aromatic carbocycles. The van der Waals surface area contributed by atoms with Crippen LogP contribution >= 0.6 is 0 Å². The molecule has 1 aromatic rings. The van der Waals surface area contributed by atoms with Crippen molar-refractivity contribution < 1.29 is 19.8 Å². The van der Waals surface area contributed by atoms with Crippen molar-refractivity contribution in [1.29, 1.82) is 0 Å². The van der Waals surface area contributed by atoms with E-state index >= 15 is 0 Å². The summed E-state index contributed by atoms with van der Waals surface area (Å²) in [5.41, 5.74) is 1.03. The highest BCUT2D eigenvalue weighted by Crippen LogP contribution is 2.22. The van der Waals surface area contributed by atoms with Gasteiger partial charge in [-0.15, -0.1) is 0 Å². The number of nitrogens with zero attached hydrogens (tertiary/aromatic N) is 1. The number of benzene rings is 1. The monoisotopic (exact) mass is 264 g/mol. The number of aliphatic carboxylic acids is 1. The van der Waals surface area contributed by atoms with Gasteiger partial charge in [-0.05, 0) is 12.0 Å². The molecule has 0 spiro atoms. The van der Waals surface area contributed by atoms with Crippen LogP contribution in [-0.2, 0) is 11.3 Å². The van der Waals surface area contributed by atoms with Gasteiger partial charge in [-0.25, -0.2) is 4.79 Å². The van der Waals surface area contributed by atoms with Crippen LogP contribution in [0.1, 0.15) is 12.0 Å². The van der Waals surface area contributed by atoms with Crippen molar-refractivity contribution in [2.45, 2.75) is 19.1 Å². The molecule has 2 rings (SSSR count). The number of carbonyl (C=O) groups is 2. The summed E-state index contributed by atoms with van der Waals surface area (Å²) in [7, 11) is 0. The molecule has 1 fully saturated rings. The lowest BCUT2D eigenvalue weighted by atomic mass is 10.1. The van der Waals surface area contributed by atoms with Crippen LogP contribution in [-0.4, -0.2) is 39.9 Å². The number of carboxylic acid groups (broad SMARTS) is 2. The van der Waals surface area contributed by atoms with Crippen LogP contribution in [0.15, 0.2) is 30.3 Å². The standard InChI is InChI=1S/C13H16N2O4/c16-12(17)10-6-11(15(8-10)13(18)19)14-7-9-4-2-1-3-5-9/h1-5,10-11,14H,6-8H2,(H,16,17)(H,18,19). The number of rotatable bonds is 4. The fourth-order valence-electron chi connectivity index (χ4n) is 2.25. The van der Waals surface area contributed by atoms with Crippen LogP contribution in [0.4, 0.5) is 4.79 Å². The smallest absolute Gasteiger partial charge is 0.408 e. The summed E-state index contributed by atoms with van der Waals surface area (Å²) >= 11 is 0. The zero-order chi connectivity index (χ0) is 13.8. The van der Waals surface area contributed by atoms with Crippen molar-refractivity contribution in [3.8, 4) is 0 Å². The third-order valence-corrected chi connectivity index (χ3v) is 3.28. The van der Waals surface area contributed by atoms with Crippen molar-refractivity contribution in [1.82, 2.24) is 10.2 Å². The molecule has 1 aliphatic heterocycles. The van der Waals surface area contributed by atoms with E-state index < -0.39 is 24.1 Å². The van der Waals surface area contributed by atoms with Gasteiger partial charge >= 0.3 is 12.1 Å². The number of likely N-dealkylation sites (tertiary alicyclic amines) is 1. The first-order chi connectivity index (χ1) is 9.08. The summed E-state index contributed by atoms with van der Waals surface area (Å²) in [6, 6.07) is 9.58. The minimum atomic E-state index is -1.09. The van der Waals surface area contributed by atoms with Crippen molar-refractivity contribution in [3.63, 3.8) is 0 Å². The van der Waals surface area contributed by atoms with Gasteiger partial charge in [-0.2, -0.15) is 0 Å². The Bertz CT molecular complexity index is 463. The van der Waals surface area contributed by atoms with Crippen molar-refractivity contribution in [2.24, 2.45) is 5.92 Å². The van der Waals surface area contributed by atoms with Crippen molar-refractivity contribution in [3.05, 3.63) is 35.9 Å². The highest BCUT2D eigenvalue weighted by atomic mass is 16.4. The average molecular weight is 264 g/mol. The summed E-state index contributed by atoms with van der Waals surface area (Å²) in [6.45, 7) is 0.554. The van der Waals surface area contributed by atoms with Crippen LogP contribution in [0.25, 0.3) is 0 Å². The van der Waals surface area contributed by atoms with E-state index in [1.807, 2.05) is 30.3 Å². The van der Waals surface area contributed by atoms with Gasteiger partial charge in [0.1, 0.15) is 0 Å². The lowest BCUT2D eigenvalue weighted by Gasteiger charge is -2.22. The highest BCUT2D eigenvalue weighted by molar-refractivity contribution is 5.73. The molecule has 0 saturated carbocycles. The van der Waals surface area contributed by atoms with Crippen molar-refractivity contribution >= 4 is 12.1 Å². The Morgan fingerprint density at radius 1 is 1.26 bits per heavy atom. The van der Waals surface area contributed by atoms with Gasteiger partial charge in [0.25, 0.3) is 0 Å². The minimum absolute atomic E-state index is 0.0388. The molecule has 3 N–H and O–H groups in total. The predicted molar refractivity (Wildman–Crippen MR) is 67.5 cm³/mol. The molecule has 2 atom stereocenters. The normalized spacial score (nSPS) is 22.4. The predicted octanol–water partition coefficient (Wildman–Crippen LogP) is 1.19. The van der Waals surface area contributed by atoms with Gasteiger partial charge in [-0.1, -0.05) is 30.3 Å². The third kappa shape index (κ3) is 3.23. The fraction of sp³-hybridized carbons (Fsp3) is 0.385. The Kier molecular flexibility index (Phi) is 4.01. The molecule has 19 heavy (non-hydrogen) atoms. The molecule has 1 saturated heterocycles. The topological polar surface area (TPSA) is 89.9 Å². The van der Waals surface area contributed by atoms with Crippen LogP contribution < -0.4 is 5.32 Å². The van der Waals surface area contributed by atoms with Gasteiger partial charge in [0, 0.05) is 13.1 Å². The molecular formula is C13H16N2O4. The van der Waals surface area contributed by atoms with Gasteiger partial charge in [0.05, 0.1) is 12.1 Å². The maximum Gasteiger partial charge on any atom is 0.408 e. The van der Waals surface area contributed by atoms with E-state index in [2.05, 4.69) is 5.32 Å². The third-order valence-electron chi connectivity index (χ3n) is 3.28. The number of hydrogen-bond acceptors (Lipinski definition) is 3. The molecule has 1 amide bonds. The van der Waals surface area contributed by atoms with Gasteiger partial charge in [-0.3, -0.25) is 15.0 Å². The summed E-state index contributed by atoms with van der Waals surface area (Å²) in [5, 5.41) is 21.1. The van der Waals surface area contributed by atoms with Crippen LogP contribution in [0, 0.1) is 5.92 Å². The molecule has 102 valence electrons. The van der Waals surface area contributed by atoms with Gasteiger partial charge in [0.15, 0.2) is 0 Å². The second kappa shape index (κ2) is 5.71. The molecule has 1 heterocycles.